The van der Waals surface area contributed by atoms with Crippen LogP contribution >= 0.6 is 45.1 Å². The highest BCUT2D eigenvalue weighted by Gasteiger charge is 2.46. The number of phosphoric ester groups is 1. The molecule has 5 heterocycles. The third kappa shape index (κ3) is 17.0. The number of nitrogens with zero attached hydrogens (tertiary/aromatic N) is 6. The van der Waals surface area contributed by atoms with Crippen LogP contribution in [0.25, 0.3) is 11.2 Å². The highest BCUT2D eigenvalue weighted by atomic mass is 33.1. The van der Waals surface area contributed by atoms with Gasteiger partial charge in [-0.25, -0.2) is 28.6 Å². The largest absolute Gasteiger partial charge is 0.490 e. The molecule has 7 rings (SSSR count). The van der Waals surface area contributed by atoms with E-state index in [1.165, 1.54) is 41.5 Å². The Labute approximate surface area is 492 Å². The van der Waals surface area contributed by atoms with Gasteiger partial charge in [0.15, 0.2) is 22.7 Å². The molecule has 84 heavy (non-hydrogen) atoms. The van der Waals surface area contributed by atoms with Gasteiger partial charge in [-0.2, -0.15) is 30.0 Å². The molecule has 0 aliphatic carbocycles. The fraction of sp³-hybridized carbons (Fsp3) is 0.469. The summed E-state index contributed by atoms with van der Waals surface area (Å²) in [5, 5.41) is 16.2. The molecule has 5 atom stereocenters. The lowest BCUT2D eigenvalue weighted by Crippen LogP contribution is -2.28. The highest BCUT2D eigenvalue weighted by molar-refractivity contribution is 8.76. The van der Waals surface area contributed by atoms with Gasteiger partial charge in [0, 0.05) is 84.8 Å². The first-order valence-corrected chi connectivity index (χ1v) is 35.9. The maximum Gasteiger partial charge on any atom is 0.490 e. The maximum absolute atomic E-state index is 12.9. The number of hydrogen-bond donors (Lipinski definition) is 9. The molecule has 1 saturated heterocycles. The topological polar surface area (TPSA) is 406 Å². The third-order valence-electron chi connectivity index (χ3n) is 13.8. The summed E-state index contributed by atoms with van der Waals surface area (Å²) < 4.78 is 124. The summed E-state index contributed by atoms with van der Waals surface area (Å²) in [6.07, 6.45) is 11.5. The number of ether oxygens (including phenoxy) is 1. The van der Waals surface area contributed by atoms with Crippen molar-refractivity contribution in [3.63, 3.8) is 0 Å². The predicted octanol–water partition coefficient (Wildman–Crippen LogP) is 6.98. The van der Waals surface area contributed by atoms with Crippen LogP contribution in [0.3, 0.4) is 0 Å². The average Bonchev–Trinajstić information content (AvgIpc) is 2.14. The molecule has 5 unspecified atom stereocenters. The van der Waals surface area contributed by atoms with E-state index in [9.17, 15) is 64.1 Å². The van der Waals surface area contributed by atoms with Gasteiger partial charge in [-0.3, -0.25) is 27.8 Å². The van der Waals surface area contributed by atoms with E-state index in [0.29, 0.717) is 50.4 Å². The number of imidazole rings is 1. The number of aliphatic hydroxyl groups excluding tert-OH is 1. The quantitative estimate of drug-likeness (QED) is 0.00661. The molecule has 28 nitrogen and oxygen atoms in total. The van der Waals surface area contributed by atoms with E-state index in [2.05, 4.69) is 48.2 Å². The number of hydrogen-bond acceptors (Lipinski definition) is 20. The molecule has 0 bridgehead atoms. The van der Waals surface area contributed by atoms with E-state index in [1.807, 2.05) is 65.0 Å². The number of aromatic nitrogens is 4. The summed E-state index contributed by atoms with van der Waals surface area (Å²) in [6.45, 7) is 10.7. The van der Waals surface area contributed by atoms with Crippen LogP contribution in [-0.2, 0) is 72.2 Å². The lowest BCUT2D eigenvalue weighted by atomic mass is 9.81. The number of unbranched alkanes of at least 4 members (excludes halogenated alkanes) is 2. The molecule has 2 aromatic heterocycles. The summed E-state index contributed by atoms with van der Waals surface area (Å²) in [4.78, 5) is 76.6. The Balaban J connectivity index is 0.822. The zero-order chi connectivity index (χ0) is 61.6. The van der Waals surface area contributed by atoms with Crippen LogP contribution in [0.1, 0.15) is 96.9 Å². The molecule has 0 radical (unpaired) electrons. The number of benzene rings is 2. The predicted molar refractivity (Wildman–Crippen MR) is 312 cm³/mol. The number of amides is 2. The Bertz CT molecular complexity index is 3650. The zero-order valence-electron chi connectivity index (χ0n) is 46.0. The molecule has 2 amide bonds. The van der Waals surface area contributed by atoms with Gasteiger partial charge in [-0.15, -0.1) is 0 Å². The van der Waals surface area contributed by atoms with Crippen LogP contribution < -0.4 is 15.5 Å². The molecule has 460 valence electrons. The molecule has 3 aliphatic rings. The Hall–Kier alpha value is -4.53. The normalized spacial score (nSPS) is 20.7. The van der Waals surface area contributed by atoms with Gasteiger partial charge in [0.1, 0.15) is 25.2 Å². The van der Waals surface area contributed by atoms with Crippen molar-refractivity contribution in [1.82, 2.24) is 24.8 Å². The minimum Gasteiger partial charge on any atom is -0.390 e. The number of phosphoric acid groups is 3. The first-order chi connectivity index (χ1) is 39.2. The van der Waals surface area contributed by atoms with Crippen LogP contribution in [0.15, 0.2) is 94.9 Å². The molecule has 4 aromatic rings. The fourth-order valence-electron chi connectivity index (χ4n) is 9.89. The van der Waals surface area contributed by atoms with Crippen molar-refractivity contribution in [2.45, 2.75) is 119 Å². The van der Waals surface area contributed by atoms with E-state index in [0.717, 1.165) is 46.8 Å². The summed E-state index contributed by atoms with van der Waals surface area (Å²) in [5.41, 5.74) is 4.17. The number of likely N-dealkylation sites (N-methyl/N-ethyl adjacent to an activating group) is 1. The summed E-state index contributed by atoms with van der Waals surface area (Å²) in [5.74, 6) is 0.943. The molecule has 35 heteroatoms. The molecular weight excluding hydrogens is 1240 g/mol. The van der Waals surface area contributed by atoms with E-state index >= 15 is 0 Å². The van der Waals surface area contributed by atoms with Gasteiger partial charge in [0.05, 0.1) is 34.2 Å². The minimum atomic E-state index is -5.75. The molecular formula is C49H66N8O20P3S4+. The van der Waals surface area contributed by atoms with Gasteiger partial charge in [0.25, 0.3) is 20.2 Å². The number of allylic oxidation sites excluding steroid dienone is 6. The van der Waals surface area contributed by atoms with Gasteiger partial charge in [0.2, 0.25) is 17.5 Å². The third-order valence-corrected chi connectivity index (χ3v) is 21.8. The molecule has 0 spiro atoms. The summed E-state index contributed by atoms with van der Waals surface area (Å²) in [6, 6.07) is 9.19. The fourth-order valence-corrected chi connectivity index (χ4v) is 15.9. The Morgan fingerprint density at radius 1 is 0.833 bits per heavy atom. The van der Waals surface area contributed by atoms with Crippen molar-refractivity contribution >= 4 is 111 Å². The zero-order valence-corrected chi connectivity index (χ0v) is 52.0. The standard InChI is InChI=1S/C49H65N8O20P3S4/c1-6-55-36-20-18-32(83(68,69)70)26-34(36)48(2,3)40(55)14-9-7-10-15-41-49(4,5)35-27-33(84(71,72)73)19-21-37(35)56(41)23-12-8-11-16-42(59)50-22-25-82-81-24-13-17-43(60)54-46-45-47(52-30-51-46)57(31-53-45)44-28-38(58)39(75-44)29-74-79(64,65)77-80(66,67)76-78(61,62)63/h7,9-10,14-15,18-21,26-27,30-31,38-39,44,58H,6,8,11-13,16-17,22-25,28-29H2,1-5H3,(H7-,50,51,52,54,59,60,61,62,63,64,65,66,67,68,69,70,71,72,73)/p+1. The second-order valence-corrected chi connectivity index (χ2v) is 30.4. The molecule has 1 fully saturated rings. The molecule has 0 saturated carbocycles. The van der Waals surface area contributed by atoms with Crippen molar-refractivity contribution < 1.29 is 96.4 Å². The van der Waals surface area contributed by atoms with Crippen LogP contribution in [-0.4, -0.2) is 142 Å². The number of rotatable bonds is 29. The van der Waals surface area contributed by atoms with Crippen molar-refractivity contribution in [2.24, 2.45) is 0 Å². The number of fused-ring (bicyclic) bond motifs is 3. The second kappa shape index (κ2) is 27.2. The lowest BCUT2D eigenvalue weighted by molar-refractivity contribution is -0.438. The van der Waals surface area contributed by atoms with E-state index in [1.54, 1.807) is 33.7 Å². The van der Waals surface area contributed by atoms with E-state index < -0.39 is 79.6 Å². The average molecular weight is 1310 g/mol. The number of anilines is 2. The first-order valence-electron chi connectivity index (χ1n) is 26.0. The van der Waals surface area contributed by atoms with Crippen LogP contribution in [0.5, 0.6) is 0 Å². The number of carbonyl (C=O) groups excluding carboxylic acids is 2. The summed E-state index contributed by atoms with van der Waals surface area (Å²) in [7, 11) is -22.6. The Morgan fingerprint density at radius 2 is 1.51 bits per heavy atom. The van der Waals surface area contributed by atoms with Crippen molar-refractivity contribution in [2.75, 3.05) is 48.0 Å². The van der Waals surface area contributed by atoms with Crippen molar-refractivity contribution in [3.05, 3.63) is 96.3 Å². The van der Waals surface area contributed by atoms with Crippen LogP contribution in [0.4, 0.5) is 17.2 Å². The monoisotopic (exact) mass is 1310 g/mol. The highest BCUT2D eigenvalue weighted by Crippen LogP contribution is 2.66. The van der Waals surface area contributed by atoms with E-state index in [-0.39, 0.29) is 51.4 Å². The van der Waals surface area contributed by atoms with Crippen LogP contribution in [0, 0.1) is 0 Å². The molecule has 3 aliphatic heterocycles. The maximum atomic E-state index is 12.9. The number of aliphatic hydroxyl groups is 1. The van der Waals surface area contributed by atoms with Crippen molar-refractivity contribution in [3.8, 4) is 0 Å². The number of carbonyl (C=O) groups is 2. The van der Waals surface area contributed by atoms with Gasteiger partial charge >= 0.3 is 23.5 Å². The first kappa shape index (κ1) is 67.0. The second-order valence-electron chi connectivity index (χ2n) is 20.5. The van der Waals surface area contributed by atoms with Crippen LogP contribution in [0.2, 0.25) is 0 Å². The Kier molecular flexibility index (Phi) is 21.7. The van der Waals surface area contributed by atoms with Crippen molar-refractivity contribution in [1.29, 1.82) is 0 Å². The minimum absolute atomic E-state index is 0.0803. The van der Waals surface area contributed by atoms with Gasteiger partial charge < -0.3 is 45.0 Å². The molecule has 2 aromatic carbocycles. The van der Waals surface area contributed by atoms with E-state index in [4.69, 9.17) is 14.5 Å². The van der Waals surface area contributed by atoms with Gasteiger partial charge in [-0.1, -0.05) is 53.7 Å². The number of nitrogens with one attached hydrogen (secondary N) is 2. The van der Waals surface area contributed by atoms with Gasteiger partial charge in [-0.05, 0) is 82.0 Å². The smallest absolute Gasteiger partial charge is 0.390 e. The molecule has 9 N–H and O–H groups in total. The lowest BCUT2D eigenvalue weighted by Gasteiger charge is -2.25. The Morgan fingerprint density at radius 3 is 2.20 bits per heavy atom. The summed E-state index contributed by atoms with van der Waals surface area (Å²) >= 11 is 0. The SMILES string of the molecule is CCN1C(=CC=CC=CC2=[N+](CCCCCC(=O)NCCSSCCCC(=O)Nc3ncnc4c3ncn4C3CC(O)C(COP(=O)(O)OP(=O)(O)OP(=O)(O)O)O3)c3ccc(S(=O)(=O)O)cc3C2(C)C)C(C)(C)c2cc(S(=O)(=O)O)ccc21.